The Bertz CT molecular complexity index is 665. The quantitative estimate of drug-likeness (QED) is 0.288. The number of Topliss-reactive ketones (excluding diaryl/α,β-unsaturated/α-hetero) is 1. The van der Waals surface area contributed by atoms with Gasteiger partial charge in [0.15, 0.2) is 5.78 Å². The van der Waals surface area contributed by atoms with Crippen LogP contribution in [0, 0.1) is 0 Å². The first-order chi connectivity index (χ1) is 17.3. The van der Waals surface area contributed by atoms with Gasteiger partial charge in [0.1, 0.15) is 19.1 Å². The van der Waals surface area contributed by atoms with Crippen molar-refractivity contribution in [3.63, 3.8) is 0 Å². The van der Waals surface area contributed by atoms with Gasteiger partial charge in [0.05, 0.1) is 52.9 Å². The van der Waals surface area contributed by atoms with Gasteiger partial charge in [0.25, 0.3) is 0 Å². The number of unbranched alkanes of at least 4 members (excludes halogenated alkanes) is 8. The van der Waals surface area contributed by atoms with Crippen molar-refractivity contribution in [2.45, 2.75) is 77.7 Å². The van der Waals surface area contributed by atoms with Crippen LogP contribution in [0.4, 0.5) is 0 Å². The molecule has 0 saturated carbocycles. The number of ketones is 1. The molecule has 7 heteroatoms. The van der Waals surface area contributed by atoms with Gasteiger partial charge in [-0.1, -0.05) is 58.3 Å². The van der Waals surface area contributed by atoms with E-state index in [4.69, 9.17) is 28.4 Å². The van der Waals surface area contributed by atoms with Crippen molar-refractivity contribution in [3.8, 4) is 5.75 Å². The Balaban J connectivity index is 1.79. The Morgan fingerprint density at radius 3 is 1.91 bits per heavy atom. The van der Waals surface area contributed by atoms with Gasteiger partial charge in [-0.25, -0.2) is 0 Å². The number of fused-ring (bicyclic) bond motifs is 1. The highest BCUT2D eigenvalue weighted by molar-refractivity contribution is 5.96. The van der Waals surface area contributed by atoms with E-state index in [0.717, 1.165) is 18.4 Å². The van der Waals surface area contributed by atoms with Crippen molar-refractivity contribution < 1.29 is 33.2 Å². The van der Waals surface area contributed by atoms with E-state index in [9.17, 15) is 4.79 Å². The Labute approximate surface area is 211 Å². The number of ether oxygens (including phenoxy) is 6. The highest BCUT2D eigenvalue weighted by atomic mass is 16.7. The van der Waals surface area contributed by atoms with Crippen LogP contribution < -0.4 is 4.74 Å². The van der Waals surface area contributed by atoms with E-state index in [1.54, 1.807) is 0 Å². The summed E-state index contributed by atoms with van der Waals surface area (Å²) in [5.74, 6) is 0.876. The van der Waals surface area contributed by atoms with E-state index in [2.05, 4.69) is 6.92 Å². The summed E-state index contributed by atoms with van der Waals surface area (Å²) in [5, 5.41) is 0. The molecule has 1 aliphatic heterocycles. The van der Waals surface area contributed by atoms with Gasteiger partial charge < -0.3 is 28.4 Å². The molecular formula is C28H46O7. The monoisotopic (exact) mass is 494 g/mol. The fourth-order valence-corrected chi connectivity index (χ4v) is 3.89. The number of carbonyl (C=O) groups is 1. The molecule has 1 heterocycles. The molecular weight excluding hydrogens is 448 g/mol. The summed E-state index contributed by atoms with van der Waals surface area (Å²) in [4.78, 5) is 12.8. The number of hydrogen-bond donors (Lipinski definition) is 0. The number of carbonyl (C=O) groups excluding carboxylic acids is 1. The Morgan fingerprint density at radius 2 is 1.26 bits per heavy atom. The number of hydrogen-bond acceptors (Lipinski definition) is 7. The van der Waals surface area contributed by atoms with E-state index >= 15 is 0 Å². The Morgan fingerprint density at radius 1 is 0.686 bits per heavy atom. The minimum absolute atomic E-state index is 0.152. The second-order valence-corrected chi connectivity index (χ2v) is 8.88. The Hall–Kier alpha value is -1.51. The molecule has 0 aromatic heterocycles. The number of rotatable bonds is 11. The van der Waals surface area contributed by atoms with Crippen LogP contribution in [0.3, 0.4) is 0 Å². The molecule has 0 radical (unpaired) electrons. The molecule has 0 fully saturated rings. The zero-order valence-corrected chi connectivity index (χ0v) is 21.7. The predicted octanol–water partition coefficient (Wildman–Crippen LogP) is 5.72. The minimum atomic E-state index is 0.152. The van der Waals surface area contributed by atoms with Gasteiger partial charge in [0, 0.05) is 17.5 Å². The minimum Gasteiger partial charge on any atom is -0.491 e. The fraction of sp³-hybridized carbons (Fsp3) is 0.750. The average Bonchev–Trinajstić information content (AvgIpc) is 2.87. The Kier molecular flexibility index (Phi) is 17.5. The standard InChI is InChI=1S/C28H46O7/c1-2-3-4-5-6-7-8-9-10-11-27(29)25-12-13-28-26(22-25)23-34-24-33-19-18-31-15-14-30-16-17-32-20-21-35-28/h12-13,22H,2-11,14-21,23-24H2,1H3. The molecule has 35 heavy (non-hydrogen) atoms. The maximum Gasteiger partial charge on any atom is 0.162 e. The summed E-state index contributed by atoms with van der Waals surface area (Å²) in [5.41, 5.74) is 1.55. The smallest absolute Gasteiger partial charge is 0.162 e. The van der Waals surface area contributed by atoms with Crippen LogP contribution in [-0.4, -0.2) is 65.4 Å². The lowest BCUT2D eigenvalue weighted by atomic mass is 10.0. The van der Waals surface area contributed by atoms with Gasteiger partial charge >= 0.3 is 0 Å². The molecule has 0 unspecified atom stereocenters. The third kappa shape index (κ3) is 14.6. The summed E-state index contributed by atoms with van der Waals surface area (Å²) in [6.45, 7) is 6.60. The van der Waals surface area contributed by atoms with Crippen LogP contribution in [0.1, 0.15) is 87.1 Å². The van der Waals surface area contributed by atoms with Crippen molar-refractivity contribution in [2.24, 2.45) is 0 Å². The summed E-state index contributed by atoms with van der Waals surface area (Å²) in [7, 11) is 0. The molecule has 1 aliphatic rings. The van der Waals surface area contributed by atoms with Gasteiger partial charge in [-0.15, -0.1) is 0 Å². The predicted molar refractivity (Wildman–Crippen MR) is 136 cm³/mol. The highest BCUT2D eigenvalue weighted by Gasteiger charge is 2.12. The second-order valence-electron chi connectivity index (χ2n) is 8.88. The van der Waals surface area contributed by atoms with Gasteiger partial charge in [-0.05, 0) is 24.6 Å². The molecule has 0 saturated heterocycles. The van der Waals surface area contributed by atoms with Crippen molar-refractivity contribution in [1.29, 1.82) is 0 Å². The van der Waals surface area contributed by atoms with Crippen LogP contribution in [0.25, 0.3) is 0 Å². The van der Waals surface area contributed by atoms with Gasteiger partial charge in [-0.2, -0.15) is 0 Å². The van der Waals surface area contributed by atoms with Crippen LogP contribution in [0.2, 0.25) is 0 Å². The lowest BCUT2D eigenvalue weighted by molar-refractivity contribution is -0.0798. The van der Waals surface area contributed by atoms with Gasteiger partial charge in [-0.3, -0.25) is 4.79 Å². The van der Waals surface area contributed by atoms with Crippen molar-refractivity contribution in [2.75, 3.05) is 59.6 Å². The third-order valence-electron chi connectivity index (χ3n) is 5.92. The molecule has 200 valence electrons. The molecule has 1 aromatic rings. The lowest BCUT2D eigenvalue weighted by Crippen LogP contribution is -2.15. The average molecular weight is 495 g/mol. The summed E-state index contributed by atoms with van der Waals surface area (Å²) >= 11 is 0. The first kappa shape index (κ1) is 29.7. The van der Waals surface area contributed by atoms with Crippen LogP contribution in [-0.2, 0) is 30.3 Å². The van der Waals surface area contributed by atoms with Crippen molar-refractivity contribution in [3.05, 3.63) is 29.3 Å². The summed E-state index contributed by atoms with van der Waals surface area (Å²) in [6, 6.07) is 5.60. The molecule has 7 nitrogen and oxygen atoms in total. The van der Waals surface area contributed by atoms with Crippen molar-refractivity contribution >= 4 is 5.78 Å². The zero-order valence-electron chi connectivity index (χ0n) is 21.7. The van der Waals surface area contributed by atoms with Gasteiger partial charge in [0.2, 0.25) is 0 Å². The second kappa shape index (κ2) is 20.7. The van der Waals surface area contributed by atoms with Crippen molar-refractivity contribution in [1.82, 2.24) is 0 Å². The van der Waals surface area contributed by atoms with Crippen LogP contribution >= 0.6 is 0 Å². The maximum absolute atomic E-state index is 12.8. The van der Waals surface area contributed by atoms with E-state index < -0.39 is 0 Å². The summed E-state index contributed by atoms with van der Waals surface area (Å²) < 4.78 is 33.5. The van der Waals surface area contributed by atoms with E-state index in [1.807, 2.05) is 18.2 Å². The molecule has 2 rings (SSSR count). The molecule has 0 aliphatic carbocycles. The van der Waals surface area contributed by atoms with E-state index in [-0.39, 0.29) is 12.6 Å². The molecule has 1 aromatic carbocycles. The molecule has 0 amide bonds. The van der Waals surface area contributed by atoms with Crippen LogP contribution in [0.15, 0.2) is 18.2 Å². The largest absolute Gasteiger partial charge is 0.491 e. The number of benzene rings is 1. The normalized spacial score (nSPS) is 17.1. The first-order valence-electron chi connectivity index (χ1n) is 13.5. The maximum atomic E-state index is 12.8. The third-order valence-corrected chi connectivity index (χ3v) is 5.92. The molecule has 0 spiro atoms. The first-order valence-corrected chi connectivity index (χ1v) is 13.5. The fourth-order valence-electron chi connectivity index (χ4n) is 3.89. The molecule has 0 N–H and O–H groups in total. The SMILES string of the molecule is CCCCCCCCCCCC(=O)c1ccc2c(c1)COCOCCOCCOCCOCCO2. The van der Waals surface area contributed by atoms with Crippen LogP contribution in [0.5, 0.6) is 5.75 Å². The summed E-state index contributed by atoms with van der Waals surface area (Å²) in [6.07, 6.45) is 11.8. The topological polar surface area (TPSA) is 72.5 Å². The zero-order chi connectivity index (χ0) is 24.8. The lowest BCUT2D eigenvalue weighted by Gasteiger charge is -2.14. The highest BCUT2D eigenvalue weighted by Crippen LogP contribution is 2.23. The molecule has 0 bridgehead atoms. The van der Waals surface area contributed by atoms with E-state index in [0.29, 0.717) is 77.2 Å². The molecule has 0 atom stereocenters. The van der Waals surface area contributed by atoms with E-state index in [1.165, 1.54) is 44.9 Å².